The van der Waals surface area contributed by atoms with Crippen molar-refractivity contribution in [3.63, 3.8) is 0 Å². The molecule has 4 atom stereocenters. The quantitative estimate of drug-likeness (QED) is 0.289. The Kier molecular flexibility index (Phi) is 5.92. The molecule has 0 unspecified atom stereocenters. The van der Waals surface area contributed by atoms with Crippen LogP contribution in [-0.4, -0.2) is 13.1 Å². The number of carbonyl (C=O) groups excluding carboxylic acids is 1. The fourth-order valence-electron chi connectivity index (χ4n) is 7.81. The Hall–Kier alpha value is -1.05. The largest absolute Gasteiger partial charge is 0.466 e. The molecule has 0 aliphatic heterocycles. The van der Waals surface area contributed by atoms with Crippen molar-refractivity contribution >= 4 is 5.97 Å². The molecule has 28 heavy (non-hydrogen) atoms. The Morgan fingerprint density at radius 2 is 1.82 bits per heavy atom. The van der Waals surface area contributed by atoms with E-state index in [2.05, 4.69) is 41.5 Å². The number of carbonyl (C=O) groups is 1. The fourth-order valence-corrected chi connectivity index (χ4v) is 7.81. The summed E-state index contributed by atoms with van der Waals surface area (Å²) < 4.78 is 4.80. The van der Waals surface area contributed by atoms with Crippen LogP contribution in [0.1, 0.15) is 99.3 Å². The molecule has 3 aliphatic carbocycles. The number of hydrogen-bond acceptors (Lipinski definition) is 2. The van der Waals surface area contributed by atoms with Crippen LogP contribution in [0.2, 0.25) is 0 Å². The van der Waals surface area contributed by atoms with Crippen LogP contribution < -0.4 is 0 Å². The molecule has 0 heterocycles. The maximum absolute atomic E-state index is 11.6. The summed E-state index contributed by atoms with van der Waals surface area (Å²) in [6, 6.07) is 0. The van der Waals surface area contributed by atoms with Crippen LogP contribution >= 0.6 is 0 Å². The molecule has 0 amide bonds. The lowest BCUT2D eigenvalue weighted by atomic mass is 9.40. The lowest BCUT2D eigenvalue weighted by Gasteiger charge is -2.64. The van der Waals surface area contributed by atoms with Crippen molar-refractivity contribution in [2.45, 2.75) is 99.3 Å². The van der Waals surface area contributed by atoms with Gasteiger partial charge in [-0.2, -0.15) is 0 Å². The molecular weight excluding hydrogens is 344 g/mol. The predicted octanol–water partition coefficient (Wildman–Crippen LogP) is 7.25. The van der Waals surface area contributed by atoms with Gasteiger partial charge in [-0.3, -0.25) is 0 Å². The third kappa shape index (κ3) is 3.61. The van der Waals surface area contributed by atoms with E-state index in [1.54, 1.807) is 17.2 Å². The zero-order valence-electron chi connectivity index (χ0n) is 19.4. The molecule has 0 saturated heterocycles. The minimum Gasteiger partial charge on any atom is -0.466 e. The lowest BCUT2D eigenvalue weighted by molar-refractivity contribution is -0.134. The predicted molar refractivity (Wildman–Crippen MR) is 117 cm³/mol. The van der Waals surface area contributed by atoms with E-state index in [1.807, 2.05) is 0 Å². The Morgan fingerprint density at radius 1 is 1.11 bits per heavy atom. The standard InChI is InChI=1S/C26H42O2/c1-18(17-23(27)28-7)9-11-20-19(2)10-12-22-25(20,5)16-13-21-24(3,4)14-8-15-26(21,22)6/h17,21-22H,8-16H2,1-7H3/b18-17-/t21-,22+,25+,26+/m1/s1. The molecule has 0 radical (unpaired) electrons. The summed E-state index contributed by atoms with van der Waals surface area (Å²) in [7, 11) is 1.45. The van der Waals surface area contributed by atoms with Crippen LogP contribution in [0.15, 0.2) is 22.8 Å². The van der Waals surface area contributed by atoms with Crippen molar-refractivity contribution in [1.29, 1.82) is 0 Å². The number of hydrogen-bond donors (Lipinski definition) is 0. The number of fused-ring (bicyclic) bond motifs is 3. The van der Waals surface area contributed by atoms with Gasteiger partial charge in [0.05, 0.1) is 7.11 Å². The average Bonchev–Trinajstić information content (AvgIpc) is 2.59. The first kappa shape index (κ1) is 21.7. The first-order valence-electron chi connectivity index (χ1n) is 11.5. The van der Waals surface area contributed by atoms with Gasteiger partial charge < -0.3 is 4.74 Å². The summed E-state index contributed by atoms with van der Waals surface area (Å²) in [5.41, 5.74) is 5.79. The fraction of sp³-hybridized carbons (Fsp3) is 0.808. The second-order valence-electron chi connectivity index (χ2n) is 11.2. The summed E-state index contributed by atoms with van der Waals surface area (Å²) in [6.45, 7) is 14.7. The maximum Gasteiger partial charge on any atom is 0.330 e. The SMILES string of the molecule is COC(=O)/C=C(/C)CCC1=C(C)CC[C@@H]2[C@@]3(C)CCCC(C)(C)[C@H]3CC[C@@]12C. The number of methoxy groups -OCH3 is 1. The maximum atomic E-state index is 11.6. The molecule has 2 heteroatoms. The highest BCUT2D eigenvalue weighted by Crippen LogP contribution is 2.68. The highest BCUT2D eigenvalue weighted by molar-refractivity contribution is 5.82. The Balaban J connectivity index is 1.86. The molecular formula is C26H42O2. The number of allylic oxidation sites excluding steroid dienone is 3. The van der Waals surface area contributed by atoms with Crippen molar-refractivity contribution in [3.05, 3.63) is 22.8 Å². The summed E-state index contributed by atoms with van der Waals surface area (Å²) in [5.74, 6) is 1.45. The smallest absolute Gasteiger partial charge is 0.330 e. The topological polar surface area (TPSA) is 26.3 Å². The number of ether oxygens (including phenoxy) is 1. The van der Waals surface area contributed by atoms with Gasteiger partial charge in [0, 0.05) is 6.08 Å². The van der Waals surface area contributed by atoms with Crippen LogP contribution in [0.5, 0.6) is 0 Å². The normalized spacial score (nSPS) is 37.9. The van der Waals surface area contributed by atoms with Crippen LogP contribution in [0.25, 0.3) is 0 Å². The lowest BCUT2D eigenvalue weighted by Crippen LogP contribution is -2.56. The van der Waals surface area contributed by atoms with Gasteiger partial charge in [-0.25, -0.2) is 4.79 Å². The third-order valence-corrected chi connectivity index (χ3v) is 9.14. The molecule has 0 spiro atoms. The Bertz CT molecular complexity index is 683. The van der Waals surface area contributed by atoms with E-state index in [0.29, 0.717) is 16.2 Å². The van der Waals surface area contributed by atoms with Crippen molar-refractivity contribution in [1.82, 2.24) is 0 Å². The summed E-state index contributed by atoms with van der Waals surface area (Å²) >= 11 is 0. The van der Waals surface area contributed by atoms with Crippen molar-refractivity contribution in [2.75, 3.05) is 7.11 Å². The van der Waals surface area contributed by atoms with Gasteiger partial charge in [-0.15, -0.1) is 0 Å². The highest BCUT2D eigenvalue weighted by Gasteiger charge is 2.59. The molecule has 0 aromatic rings. The zero-order chi connectivity index (χ0) is 20.7. The van der Waals surface area contributed by atoms with E-state index in [4.69, 9.17) is 4.74 Å². The molecule has 0 N–H and O–H groups in total. The van der Waals surface area contributed by atoms with Crippen LogP contribution in [0, 0.1) is 28.1 Å². The first-order chi connectivity index (χ1) is 13.0. The van der Waals surface area contributed by atoms with E-state index in [9.17, 15) is 4.79 Å². The van der Waals surface area contributed by atoms with Gasteiger partial charge in [0.2, 0.25) is 0 Å². The number of esters is 1. The van der Waals surface area contributed by atoms with Gasteiger partial charge in [0.1, 0.15) is 0 Å². The van der Waals surface area contributed by atoms with E-state index < -0.39 is 0 Å². The highest BCUT2D eigenvalue weighted by atomic mass is 16.5. The van der Waals surface area contributed by atoms with Crippen LogP contribution in [-0.2, 0) is 9.53 Å². The summed E-state index contributed by atoms with van der Waals surface area (Å²) in [6.07, 6.45) is 13.3. The van der Waals surface area contributed by atoms with Crippen molar-refractivity contribution in [3.8, 4) is 0 Å². The molecule has 0 aromatic heterocycles. The summed E-state index contributed by atoms with van der Waals surface area (Å²) in [4.78, 5) is 11.6. The first-order valence-corrected chi connectivity index (χ1v) is 11.5. The van der Waals surface area contributed by atoms with Gasteiger partial charge in [0.25, 0.3) is 0 Å². The second-order valence-corrected chi connectivity index (χ2v) is 11.2. The molecule has 0 aromatic carbocycles. The van der Waals surface area contributed by atoms with Crippen molar-refractivity contribution in [2.24, 2.45) is 28.1 Å². The Labute approximate surface area is 173 Å². The molecule has 2 saturated carbocycles. The molecule has 2 fully saturated rings. The molecule has 158 valence electrons. The van der Waals surface area contributed by atoms with Gasteiger partial charge in [-0.1, -0.05) is 50.8 Å². The minimum atomic E-state index is -0.228. The monoisotopic (exact) mass is 386 g/mol. The van der Waals surface area contributed by atoms with E-state index in [0.717, 1.165) is 30.3 Å². The summed E-state index contributed by atoms with van der Waals surface area (Å²) in [5, 5.41) is 0. The minimum absolute atomic E-state index is 0.228. The van der Waals surface area contributed by atoms with Gasteiger partial charge in [0.15, 0.2) is 0 Å². The molecule has 3 rings (SSSR count). The zero-order valence-corrected chi connectivity index (χ0v) is 19.4. The van der Waals surface area contributed by atoms with E-state index in [1.165, 1.54) is 52.1 Å². The van der Waals surface area contributed by atoms with Crippen LogP contribution in [0.3, 0.4) is 0 Å². The van der Waals surface area contributed by atoms with Gasteiger partial charge in [-0.05, 0) is 93.3 Å². The molecule has 2 nitrogen and oxygen atoms in total. The van der Waals surface area contributed by atoms with Gasteiger partial charge >= 0.3 is 5.97 Å². The van der Waals surface area contributed by atoms with Crippen LogP contribution in [0.4, 0.5) is 0 Å². The Morgan fingerprint density at radius 3 is 2.50 bits per heavy atom. The molecule has 0 bridgehead atoms. The molecule has 3 aliphatic rings. The second kappa shape index (κ2) is 7.65. The third-order valence-electron chi connectivity index (χ3n) is 9.14. The van der Waals surface area contributed by atoms with E-state index in [-0.39, 0.29) is 5.97 Å². The van der Waals surface area contributed by atoms with E-state index >= 15 is 0 Å². The van der Waals surface area contributed by atoms with Crippen molar-refractivity contribution < 1.29 is 9.53 Å². The average molecular weight is 387 g/mol. The number of rotatable bonds is 4.